The van der Waals surface area contributed by atoms with E-state index in [-0.39, 0.29) is 38.3 Å². The third-order valence-corrected chi connectivity index (χ3v) is 35.7. The molecule has 8 unspecified atom stereocenters. The molecule has 100 heavy (non-hydrogen) atoms. The zero-order valence-electron chi connectivity index (χ0n) is 61.7. The second-order valence-electron chi connectivity index (χ2n) is 31.0. The monoisotopic (exact) mass is 1580 g/mol. The van der Waals surface area contributed by atoms with Crippen LogP contribution in [0.1, 0.15) is 189 Å². The molecule has 0 saturated carbocycles. The number of aliphatic hydroxyl groups excluding tert-OH is 2. The molecule has 0 bridgehead atoms. The maximum absolute atomic E-state index is 15.3. The van der Waals surface area contributed by atoms with E-state index in [9.17, 15) is 77.7 Å². The van der Waals surface area contributed by atoms with Gasteiger partial charge >= 0.3 is 85.3 Å². The van der Waals surface area contributed by atoms with Crippen LogP contribution in [0.15, 0.2) is 0 Å². The minimum absolute atomic E-state index is 0.00359. The number of rotatable bonds is 56. The summed E-state index contributed by atoms with van der Waals surface area (Å²) in [7, 11) is -14.8. The standard InChI is InChI=1S/C65H119ClF13NO15Si5/c1-16-17-18-19-20-21-22-23-24-25-26-27-28-29-30-31-37-87-53(83)49(42-59(5,56(86)90-45-51(82)44-81)48-57(2,3)54(84)91-47-52-46-89-52)41-50(66)43-58(4,55(85)88-38-35-60(67,68)61(69,70)62(71,72)63(73,74)64(75,76)65(77,78)79)34-32-39-100(15,94-98(12,13)92-96(6,7)8)95-99(14,40-33-36-80)93-97(9,10)11/h49-52,81-82H,16-48,80H2,1-15H3. The van der Waals surface area contributed by atoms with Crippen molar-refractivity contribution in [3.05, 3.63) is 0 Å². The van der Waals surface area contributed by atoms with Gasteiger partial charge in [0.25, 0.3) is 0 Å². The van der Waals surface area contributed by atoms with E-state index in [4.69, 9.17) is 57.5 Å². The number of nitrogens with two attached hydrogens (primary N) is 1. The van der Waals surface area contributed by atoms with E-state index in [1.807, 2.05) is 45.8 Å². The minimum Gasteiger partial charge on any atom is -0.465 e. The number of carbonyl (C=O) groups is 4. The van der Waals surface area contributed by atoms with Gasteiger partial charge < -0.3 is 56.1 Å². The Balaban J connectivity index is 4.01. The van der Waals surface area contributed by atoms with E-state index >= 15 is 8.78 Å². The number of unbranched alkanes of at least 4 members (excludes halogenated alkanes) is 15. The number of aliphatic hydroxyl groups is 2. The third-order valence-electron chi connectivity index (χ3n) is 17.1. The first kappa shape index (κ1) is 96.0. The summed E-state index contributed by atoms with van der Waals surface area (Å²) < 4.78 is 239. The molecule has 0 amide bonds. The van der Waals surface area contributed by atoms with Crippen molar-refractivity contribution in [3.8, 4) is 0 Å². The van der Waals surface area contributed by atoms with Crippen LogP contribution in [0.2, 0.25) is 77.6 Å². The second kappa shape index (κ2) is 40.8. The van der Waals surface area contributed by atoms with Gasteiger partial charge in [-0.2, -0.15) is 57.1 Å². The van der Waals surface area contributed by atoms with Gasteiger partial charge in [0, 0.05) is 5.38 Å². The van der Waals surface area contributed by atoms with E-state index in [1.54, 1.807) is 19.6 Å². The Hall–Kier alpha value is -1.98. The molecule has 0 aliphatic carbocycles. The fourth-order valence-electron chi connectivity index (χ4n) is 12.4. The average Bonchev–Trinajstić information content (AvgIpc) is 0.837. The first-order valence-electron chi connectivity index (χ1n) is 35.2. The second-order valence-corrected chi connectivity index (χ2v) is 51.7. The van der Waals surface area contributed by atoms with Crippen molar-refractivity contribution < 1.29 is 127 Å². The highest BCUT2D eigenvalue weighted by Gasteiger charge is 2.90. The van der Waals surface area contributed by atoms with Gasteiger partial charge in [0.05, 0.1) is 55.0 Å². The Morgan fingerprint density at radius 2 is 1.00 bits per heavy atom. The lowest BCUT2D eigenvalue weighted by molar-refractivity contribution is -0.440. The number of halogens is 14. The first-order chi connectivity index (χ1) is 45.5. The first-order valence-corrected chi connectivity index (χ1v) is 50.3. The van der Waals surface area contributed by atoms with E-state index in [0.29, 0.717) is 31.9 Å². The van der Waals surface area contributed by atoms with Crippen LogP contribution in [0.3, 0.4) is 0 Å². The molecule has 4 N–H and O–H groups in total. The molecule has 592 valence electrons. The highest BCUT2D eigenvalue weighted by Crippen LogP contribution is 2.61. The van der Waals surface area contributed by atoms with E-state index < -0.39 is 194 Å². The largest absolute Gasteiger partial charge is 0.465 e. The molecular formula is C65H119ClF13NO15Si5. The summed E-state index contributed by atoms with van der Waals surface area (Å²) in [4.78, 5) is 57.4. The molecule has 1 aliphatic heterocycles. The van der Waals surface area contributed by atoms with E-state index in [2.05, 4.69) is 6.92 Å². The zero-order valence-corrected chi connectivity index (χ0v) is 67.5. The lowest BCUT2D eigenvalue weighted by atomic mass is 9.68. The summed E-state index contributed by atoms with van der Waals surface area (Å²) in [5.41, 5.74) is 0.431. The molecule has 1 aliphatic rings. The summed E-state index contributed by atoms with van der Waals surface area (Å²) in [6, 6.07) is 0.408. The summed E-state index contributed by atoms with van der Waals surface area (Å²) in [5, 5.41) is 18.4. The number of esters is 4. The molecular weight excluding hydrogens is 1460 g/mol. The van der Waals surface area contributed by atoms with Crippen molar-refractivity contribution >= 4 is 77.8 Å². The van der Waals surface area contributed by atoms with Crippen molar-refractivity contribution in [3.63, 3.8) is 0 Å². The Morgan fingerprint density at radius 1 is 0.540 bits per heavy atom. The molecule has 1 saturated heterocycles. The normalized spacial score (nSPS) is 18.2. The molecule has 0 aromatic rings. The van der Waals surface area contributed by atoms with Crippen LogP contribution < -0.4 is 5.73 Å². The topological polar surface area (TPSA) is 221 Å². The van der Waals surface area contributed by atoms with E-state index in [1.165, 1.54) is 79.1 Å². The number of ether oxygens (including phenoxy) is 5. The third kappa shape index (κ3) is 32.6. The zero-order chi connectivity index (χ0) is 77.3. The minimum atomic E-state index is -8.16. The van der Waals surface area contributed by atoms with Crippen molar-refractivity contribution in [2.45, 2.75) is 320 Å². The van der Waals surface area contributed by atoms with Gasteiger partial charge in [-0.1, -0.05) is 110 Å². The maximum Gasteiger partial charge on any atom is 0.460 e. The van der Waals surface area contributed by atoms with Gasteiger partial charge in [-0.15, -0.1) is 11.6 Å². The average molecular weight is 1580 g/mol. The lowest BCUT2D eigenvalue weighted by Gasteiger charge is -2.44. The predicted octanol–water partition coefficient (Wildman–Crippen LogP) is 17.8. The highest BCUT2D eigenvalue weighted by molar-refractivity contribution is 6.91. The molecule has 16 nitrogen and oxygen atoms in total. The summed E-state index contributed by atoms with van der Waals surface area (Å²) in [5.74, 6) is -44.3. The van der Waals surface area contributed by atoms with Crippen molar-refractivity contribution in [2.75, 3.05) is 46.2 Å². The highest BCUT2D eigenvalue weighted by atomic mass is 35.5. The fraction of sp³-hybridized carbons (Fsp3) is 0.938. The molecule has 0 spiro atoms. The summed E-state index contributed by atoms with van der Waals surface area (Å²) in [6.07, 6.45) is 2.55. The molecule has 0 radical (unpaired) electrons. The van der Waals surface area contributed by atoms with Gasteiger partial charge in [-0.3, -0.25) is 19.2 Å². The Morgan fingerprint density at radius 3 is 1.46 bits per heavy atom. The molecule has 0 aromatic carbocycles. The van der Waals surface area contributed by atoms with Crippen LogP contribution in [0.4, 0.5) is 57.1 Å². The number of carbonyl (C=O) groups excluding carboxylic acids is 4. The van der Waals surface area contributed by atoms with Gasteiger partial charge in [-0.25, -0.2) is 0 Å². The van der Waals surface area contributed by atoms with E-state index in [0.717, 1.165) is 38.5 Å². The van der Waals surface area contributed by atoms with Gasteiger partial charge in [0.2, 0.25) is 0 Å². The fourth-order valence-corrected chi connectivity index (χ4v) is 36.7. The van der Waals surface area contributed by atoms with Gasteiger partial charge in [0.15, 0.2) is 16.6 Å². The van der Waals surface area contributed by atoms with Crippen LogP contribution in [0, 0.1) is 22.2 Å². The molecule has 0 aromatic heterocycles. The van der Waals surface area contributed by atoms with Crippen LogP contribution >= 0.6 is 11.6 Å². The molecule has 8 atom stereocenters. The summed E-state index contributed by atoms with van der Waals surface area (Å²) in [6.45, 7) is 23.3. The summed E-state index contributed by atoms with van der Waals surface area (Å²) >= 11 is 7.23. The number of epoxide rings is 1. The van der Waals surface area contributed by atoms with Crippen molar-refractivity contribution in [2.24, 2.45) is 27.9 Å². The Kier molecular flexibility index (Phi) is 39.2. The maximum atomic E-state index is 15.3. The molecule has 1 heterocycles. The smallest absolute Gasteiger partial charge is 0.460 e. The van der Waals surface area contributed by atoms with Crippen molar-refractivity contribution in [1.29, 1.82) is 0 Å². The Bertz CT molecular complexity index is 2460. The molecule has 1 fully saturated rings. The SMILES string of the molecule is CCCCCCCCCCCCCCCCCCOC(=O)C(CC(Cl)CC(C)(CCC[Si](C)(O[Si](C)(C)O[Si](C)(C)C)O[Si](C)(CCCN)O[Si](C)(C)C)C(=O)OCCC(F)(F)C(F)(F)C(F)(F)C(F)(F)C(F)(F)C(F)(F)F)CC(C)(CC(C)(C)C(=O)OCC1CO1)C(=O)OCC(O)CO. The molecule has 1 rings (SSSR count). The number of hydrogen-bond acceptors (Lipinski definition) is 16. The molecule has 35 heteroatoms. The van der Waals surface area contributed by atoms with Crippen LogP contribution in [0.25, 0.3) is 0 Å². The quantitative estimate of drug-likeness (QED) is 0.00980. The van der Waals surface area contributed by atoms with Crippen LogP contribution in [-0.4, -0.2) is 176 Å². The number of alkyl halides is 14. The lowest BCUT2D eigenvalue weighted by Crippen LogP contribution is -2.70. The Labute approximate surface area is 595 Å². The van der Waals surface area contributed by atoms with Gasteiger partial charge in [0.1, 0.15) is 25.4 Å². The predicted molar refractivity (Wildman–Crippen MR) is 367 cm³/mol. The van der Waals surface area contributed by atoms with Crippen LogP contribution in [0.5, 0.6) is 0 Å². The van der Waals surface area contributed by atoms with Gasteiger partial charge in [-0.05, 0) is 157 Å². The van der Waals surface area contributed by atoms with Crippen LogP contribution in [-0.2, 0) is 59.3 Å². The van der Waals surface area contributed by atoms with Crippen molar-refractivity contribution in [1.82, 2.24) is 0 Å². The number of hydrogen-bond donors (Lipinski definition) is 3.